The Bertz CT molecular complexity index is 284. The average molecular weight is 262 g/mol. The molecule has 1 fully saturated rings. The fourth-order valence-corrected chi connectivity index (χ4v) is 3.60. The maximum absolute atomic E-state index is 11.6. The van der Waals surface area contributed by atoms with Crippen molar-refractivity contribution in [2.75, 3.05) is 24.7 Å². The summed E-state index contributed by atoms with van der Waals surface area (Å²) < 4.78 is 10.4. The van der Waals surface area contributed by atoms with E-state index in [4.69, 9.17) is 9.47 Å². The number of carbonyl (C=O) groups excluding carboxylic acids is 2. The molecule has 0 aromatic heterocycles. The third-order valence-corrected chi connectivity index (χ3v) is 4.43. The zero-order valence-electron chi connectivity index (χ0n) is 9.28. The van der Waals surface area contributed by atoms with E-state index in [-0.39, 0.29) is 18.8 Å². The predicted molar refractivity (Wildman–Crippen MR) is 65.2 cm³/mol. The van der Waals surface area contributed by atoms with Gasteiger partial charge in [0.2, 0.25) is 0 Å². The number of rotatable bonds is 4. The van der Waals surface area contributed by atoms with Crippen LogP contribution in [0, 0.1) is 0 Å². The Labute approximate surface area is 103 Å². The van der Waals surface area contributed by atoms with Gasteiger partial charge in [0.15, 0.2) is 5.57 Å². The number of carbonyl (C=O) groups is 2. The number of hydrogen-bond donors (Lipinski definition) is 0. The van der Waals surface area contributed by atoms with E-state index < -0.39 is 11.9 Å². The average Bonchev–Trinajstić information content (AvgIpc) is 2.72. The largest absolute Gasteiger partial charge is 0.462 e. The predicted octanol–water partition coefficient (Wildman–Crippen LogP) is 1.80. The Morgan fingerprint density at radius 2 is 1.50 bits per heavy atom. The van der Waals surface area contributed by atoms with Crippen LogP contribution < -0.4 is 0 Å². The zero-order valence-corrected chi connectivity index (χ0v) is 10.9. The summed E-state index contributed by atoms with van der Waals surface area (Å²) in [6.07, 6.45) is 0. The van der Waals surface area contributed by atoms with Gasteiger partial charge in [-0.3, -0.25) is 0 Å². The molecule has 1 rings (SSSR count). The van der Waals surface area contributed by atoms with Crippen LogP contribution >= 0.6 is 23.5 Å². The quantitative estimate of drug-likeness (QED) is 0.333. The van der Waals surface area contributed by atoms with Gasteiger partial charge in [0.05, 0.1) is 17.5 Å². The highest BCUT2D eigenvalue weighted by atomic mass is 32.2. The highest BCUT2D eigenvalue weighted by molar-refractivity contribution is 8.25. The van der Waals surface area contributed by atoms with Crippen molar-refractivity contribution in [2.45, 2.75) is 13.8 Å². The molecule has 0 aromatic carbocycles. The van der Waals surface area contributed by atoms with Gasteiger partial charge in [0, 0.05) is 11.5 Å². The SMILES string of the molecule is CCOC(=O)C(C(=O)OCC)=C1SCCS1. The molecule has 0 N–H and O–H groups in total. The monoisotopic (exact) mass is 262 g/mol. The highest BCUT2D eigenvalue weighted by Gasteiger charge is 2.28. The number of thioether (sulfide) groups is 2. The van der Waals surface area contributed by atoms with E-state index in [1.165, 1.54) is 23.5 Å². The molecule has 1 aliphatic heterocycles. The number of ether oxygens (including phenoxy) is 2. The molecule has 0 atom stereocenters. The third-order valence-electron chi connectivity index (χ3n) is 1.71. The van der Waals surface area contributed by atoms with Crippen LogP contribution in [0.4, 0.5) is 0 Å². The van der Waals surface area contributed by atoms with E-state index >= 15 is 0 Å². The third kappa shape index (κ3) is 3.45. The van der Waals surface area contributed by atoms with Gasteiger partial charge in [-0.2, -0.15) is 0 Å². The van der Waals surface area contributed by atoms with Crippen molar-refractivity contribution in [3.05, 3.63) is 9.81 Å². The van der Waals surface area contributed by atoms with Crippen LogP contribution in [0.3, 0.4) is 0 Å². The summed E-state index contributed by atoms with van der Waals surface area (Å²) >= 11 is 3.00. The molecule has 6 heteroatoms. The van der Waals surface area contributed by atoms with Gasteiger partial charge in [0.25, 0.3) is 0 Å². The van der Waals surface area contributed by atoms with Crippen molar-refractivity contribution in [2.24, 2.45) is 0 Å². The summed E-state index contributed by atoms with van der Waals surface area (Å²) in [5.41, 5.74) is 0.0520. The summed E-state index contributed by atoms with van der Waals surface area (Å²) in [5, 5.41) is 0. The Hall–Kier alpha value is -0.620. The minimum atomic E-state index is -0.585. The van der Waals surface area contributed by atoms with Crippen molar-refractivity contribution in [1.29, 1.82) is 0 Å². The van der Waals surface area contributed by atoms with E-state index in [9.17, 15) is 9.59 Å². The minimum Gasteiger partial charge on any atom is -0.462 e. The first kappa shape index (κ1) is 13.4. The molecular formula is C10H14O4S2. The van der Waals surface area contributed by atoms with Gasteiger partial charge in [-0.05, 0) is 13.8 Å². The highest BCUT2D eigenvalue weighted by Crippen LogP contribution is 2.39. The molecule has 0 unspecified atom stereocenters. The lowest BCUT2D eigenvalue weighted by Gasteiger charge is -2.08. The smallest absolute Gasteiger partial charge is 0.347 e. The lowest BCUT2D eigenvalue weighted by atomic mass is 10.3. The fraction of sp³-hybridized carbons (Fsp3) is 0.600. The van der Waals surface area contributed by atoms with Crippen LogP contribution in [0.15, 0.2) is 9.81 Å². The molecule has 4 nitrogen and oxygen atoms in total. The molecule has 0 aliphatic carbocycles. The lowest BCUT2D eigenvalue weighted by Crippen LogP contribution is -2.19. The van der Waals surface area contributed by atoms with E-state index in [0.29, 0.717) is 0 Å². The van der Waals surface area contributed by atoms with Crippen molar-refractivity contribution >= 4 is 35.5 Å². The van der Waals surface area contributed by atoms with Crippen molar-refractivity contribution < 1.29 is 19.1 Å². The molecule has 16 heavy (non-hydrogen) atoms. The second kappa shape index (κ2) is 6.85. The minimum absolute atomic E-state index is 0.0520. The first-order chi connectivity index (χ1) is 7.70. The molecule has 0 radical (unpaired) electrons. The van der Waals surface area contributed by atoms with E-state index in [2.05, 4.69) is 0 Å². The van der Waals surface area contributed by atoms with Crippen molar-refractivity contribution in [3.63, 3.8) is 0 Å². The summed E-state index contributed by atoms with van der Waals surface area (Å²) in [6.45, 7) is 3.93. The van der Waals surface area contributed by atoms with Crippen LogP contribution in [0.5, 0.6) is 0 Å². The maximum Gasteiger partial charge on any atom is 0.347 e. The molecule has 1 saturated heterocycles. The second-order valence-corrected chi connectivity index (χ2v) is 5.27. The van der Waals surface area contributed by atoms with E-state index in [1.54, 1.807) is 13.8 Å². The lowest BCUT2D eigenvalue weighted by molar-refractivity contribution is -0.146. The first-order valence-electron chi connectivity index (χ1n) is 5.04. The van der Waals surface area contributed by atoms with E-state index in [0.717, 1.165) is 15.7 Å². The Balaban J connectivity index is 2.88. The zero-order chi connectivity index (χ0) is 12.0. The molecule has 0 saturated carbocycles. The van der Waals surface area contributed by atoms with Gasteiger partial charge < -0.3 is 9.47 Å². The molecule has 1 heterocycles. The maximum atomic E-state index is 11.6. The van der Waals surface area contributed by atoms with Gasteiger partial charge in [0.1, 0.15) is 0 Å². The Kier molecular flexibility index (Phi) is 5.76. The molecule has 90 valence electrons. The van der Waals surface area contributed by atoms with Crippen molar-refractivity contribution in [3.8, 4) is 0 Å². The summed E-state index contributed by atoms with van der Waals surface area (Å²) in [6, 6.07) is 0. The Morgan fingerprint density at radius 3 is 1.88 bits per heavy atom. The van der Waals surface area contributed by atoms with E-state index in [1.807, 2.05) is 0 Å². The molecule has 0 bridgehead atoms. The molecule has 1 aliphatic rings. The summed E-state index contributed by atoms with van der Waals surface area (Å²) in [4.78, 5) is 23.3. The normalized spacial score (nSPS) is 14.8. The standard InChI is InChI=1S/C10H14O4S2/c1-3-13-8(11)7(9(12)14-4-2)10-15-5-6-16-10/h3-6H2,1-2H3. The van der Waals surface area contributed by atoms with Gasteiger partial charge in [-0.1, -0.05) is 0 Å². The van der Waals surface area contributed by atoms with Gasteiger partial charge in [-0.15, -0.1) is 23.5 Å². The summed E-state index contributed by atoms with van der Waals surface area (Å²) in [5.74, 6) is 0.639. The van der Waals surface area contributed by atoms with Crippen LogP contribution in [0.2, 0.25) is 0 Å². The second-order valence-electron chi connectivity index (χ2n) is 2.80. The van der Waals surface area contributed by atoms with Crippen LogP contribution in [0.1, 0.15) is 13.8 Å². The molecule has 0 spiro atoms. The fourth-order valence-electron chi connectivity index (χ4n) is 1.11. The van der Waals surface area contributed by atoms with Crippen LogP contribution in [0.25, 0.3) is 0 Å². The Morgan fingerprint density at radius 1 is 1.06 bits per heavy atom. The van der Waals surface area contributed by atoms with Crippen molar-refractivity contribution in [1.82, 2.24) is 0 Å². The topological polar surface area (TPSA) is 52.6 Å². The summed E-state index contributed by atoms with van der Waals surface area (Å²) in [7, 11) is 0. The first-order valence-corrected chi connectivity index (χ1v) is 7.01. The molecular weight excluding hydrogens is 248 g/mol. The van der Waals surface area contributed by atoms with Gasteiger partial charge >= 0.3 is 11.9 Å². The molecule has 0 amide bonds. The number of esters is 2. The molecule has 0 aromatic rings. The number of hydrogen-bond acceptors (Lipinski definition) is 6. The van der Waals surface area contributed by atoms with Crippen LogP contribution in [-0.2, 0) is 19.1 Å². The van der Waals surface area contributed by atoms with Gasteiger partial charge in [-0.25, -0.2) is 9.59 Å². The van der Waals surface area contributed by atoms with Crippen LogP contribution in [-0.4, -0.2) is 36.7 Å².